The van der Waals surface area contributed by atoms with E-state index in [4.69, 9.17) is 5.73 Å². The molecule has 2 nitrogen and oxygen atoms in total. The highest BCUT2D eigenvalue weighted by Crippen LogP contribution is 2.39. The van der Waals surface area contributed by atoms with Crippen molar-refractivity contribution in [2.24, 2.45) is 17.6 Å². The summed E-state index contributed by atoms with van der Waals surface area (Å²) in [5.41, 5.74) is 6.53. The highest BCUT2D eigenvalue weighted by atomic mass is 32.2. The fourth-order valence-electron chi connectivity index (χ4n) is 4.06. The van der Waals surface area contributed by atoms with Gasteiger partial charge in [0, 0.05) is 23.9 Å². The normalized spacial score (nSPS) is 29.1. The SMILES string of the molecule is CCC(CSC)N(C)C1(CN)CCCC(CC(C)C)C1. The van der Waals surface area contributed by atoms with Crippen molar-refractivity contribution >= 4 is 11.8 Å². The zero-order valence-corrected chi connectivity index (χ0v) is 15.1. The molecule has 3 atom stereocenters. The van der Waals surface area contributed by atoms with Crippen molar-refractivity contribution in [1.82, 2.24) is 4.90 Å². The zero-order chi connectivity index (χ0) is 15.2. The van der Waals surface area contributed by atoms with Crippen LogP contribution < -0.4 is 5.73 Å². The number of hydrogen-bond acceptors (Lipinski definition) is 3. The van der Waals surface area contributed by atoms with E-state index in [0.29, 0.717) is 6.04 Å². The van der Waals surface area contributed by atoms with Gasteiger partial charge in [-0.1, -0.05) is 33.6 Å². The van der Waals surface area contributed by atoms with Gasteiger partial charge in [-0.25, -0.2) is 0 Å². The van der Waals surface area contributed by atoms with E-state index in [-0.39, 0.29) is 5.54 Å². The van der Waals surface area contributed by atoms with Crippen LogP contribution in [0.2, 0.25) is 0 Å². The third-order valence-corrected chi connectivity index (χ3v) is 5.95. The fourth-order valence-corrected chi connectivity index (χ4v) is 4.91. The van der Waals surface area contributed by atoms with E-state index in [0.717, 1.165) is 18.4 Å². The van der Waals surface area contributed by atoms with Crippen LogP contribution in [0.15, 0.2) is 0 Å². The maximum atomic E-state index is 6.27. The molecule has 3 heteroatoms. The van der Waals surface area contributed by atoms with Crippen molar-refractivity contribution < 1.29 is 0 Å². The minimum atomic E-state index is 0.258. The Labute approximate surface area is 131 Å². The number of nitrogens with two attached hydrogens (primary N) is 1. The van der Waals surface area contributed by atoms with E-state index in [1.54, 1.807) is 0 Å². The fraction of sp³-hybridized carbons (Fsp3) is 1.00. The molecule has 120 valence electrons. The molecule has 0 heterocycles. The monoisotopic (exact) mass is 300 g/mol. The first-order valence-corrected chi connectivity index (χ1v) is 9.80. The number of rotatable bonds is 8. The zero-order valence-electron chi connectivity index (χ0n) is 14.3. The molecule has 2 N–H and O–H groups in total. The molecule has 0 aromatic rings. The average Bonchev–Trinajstić information content (AvgIpc) is 2.43. The van der Waals surface area contributed by atoms with Gasteiger partial charge >= 0.3 is 0 Å². The van der Waals surface area contributed by atoms with Gasteiger partial charge in [0.15, 0.2) is 0 Å². The highest BCUT2D eigenvalue weighted by Gasteiger charge is 2.40. The molecule has 0 aromatic heterocycles. The summed E-state index contributed by atoms with van der Waals surface area (Å²) in [5, 5.41) is 0. The standard InChI is InChI=1S/C17H36N2S/c1-6-16(12-20-5)19(4)17(13-18)9-7-8-15(11-17)10-14(2)3/h14-16H,6-13,18H2,1-5H3. The van der Waals surface area contributed by atoms with E-state index in [2.05, 4.69) is 39.0 Å². The molecular formula is C17H36N2S. The van der Waals surface area contributed by atoms with Crippen LogP contribution in [0.4, 0.5) is 0 Å². The average molecular weight is 301 g/mol. The molecule has 0 radical (unpaired) electrons. The Bertz CT molecular complexity index is 270. The Morgan fingerprint density at radius 1 is 1.40 bits per heavy atom. The van der Waals surface area contributed by atoms with Gasteiger partial charge in [0.05, 0.1) is 0 Å². The smallest absolute Gasteiger partial charge is 0.0334 e. The van der Waals surface area contributed by atoms with E-state index < -0.39 is 0 Å². The summed E-state index contributed by atoms with van der Waals surface area (Å²) >= 11 is 1.96. The Morgan fingerprint density at radius 2 is 2.10 bits per heavy atom. The van der Waals surface area contributed by atoms with Gasteiger partial charge in [0.25, 0.3) is 0 Å². The summed E-state index contributed by atoms with van der Waals surface area (Å²) in [6, 6.07) is 0.673. The Morgan fingerprint density at radius 3 is 2.60 bits per heavy atom. The van der Waals surface area contributed by atoms with Gasteiger partial charge in [-0.3, -0.25) is 4.90 Å². The Kier molecular flexibility index (Phi) is 7.92. The van der Waals surface area contributed by atoms with Gasteiger partial charge in [-0.2, -0.15) is 11.8 Å². The second kappa shape index (κ2) is 8.65. The van der Waals surface area contributed by atoms with Crippen LogP contribution >= 0.6 is 11.8 Å². The van der Waals surface area contributed by atoms with Crippen LogP contribution in [-0.2, 0) is 0 Å². The summed E-state index contributed by atoms with van der Waals surface area (Å²) in [4.78, 5) is 2.65. The predicted molar refractivity (Wildman–Crippen MR) is 93.4 cm³/mol. The number of likely N-dealkylation sites (N-methyl/N-ethyl adjacent to an activating group) is 1. The van der Waals surface area contributed by atoms with Crippen LogP contribution in [0.5, 0.6) is 0 Å². The number of nitrogens with zero attached hydrogens (tertiary/aromatic N) is 1. The van der Waals surface area contributed by atoms with Crippen LogP contribution in [0.3, 0.4) is 0 Å². The first-order valence-electron chi connectivity index (χ1n) is 8.41. The molecule has 1 aliphatic rings. The molecule has 20 heavy (non-hydrogen) atoms. The first-order chi connectivity index (χ1) is 9.49. The van der Waals surface area contributed by atoms with Crippen molar-refractivity contribution in [3.8, 4) is 0 Å². The lowest BCUT2D eigenvalue weighted by Gasteiger charge is -2.50. The van der Waals surface area contributed by atoms with Crippen LogP contribution in [0.1, 0.15) is 59.3 Å². The second-order valence-corrected chi connectivity index (χ2v) is 8.06. The lowest BCUT2D eigenvalue weighted by molar-refractivity contribution is 0.0255. The van der Waals surface area contributed by atoms with E-state index in [9.17, 15) is 0 Å². The summed E-state index contributed by atoms with van der Waals surface area (Å²) < 4.78 is 0. The molecule has 0 aromatic carbocycles. The molecule has 1 rings (SSSR count). The van der Waals surface area contributed by atoms with Gasteiger partial charge in [-0.05, 0) is 50.8 Å². The van der Waals surface area contributed by atoms with E-state index in [1.807, 2.05) is 11.8 Å². The van der Waals surface area contributed by atoms with E-state index in [1.165, 1.54) is 44.3 Å². The molecule has 0 bridgehead atoms. The van der Waals surface area contributed by atoms with Gasteiger partial charge in [0.2, 0.25) is 0 Å². The maximum absolute atomic E-state index is 6.27. The lowest BCUT2D eigenvalue weighted by atomic mass is 9.72. The minimum absolute atomic E-state index is 0.258. The van der Waals surface area contributed by atoms with Crippen LogP contribution in [-0.4, -0.2) is 42.1 Å². The molecule has 1 aliphatic carbocycles. The van der Waals surface area contributed by atoms with Crippen molar-refractivity contribution in [1.29, 1.82) is 0 Å². The molecule has 0 spiro atoms. The third kappa shape index (κ3) is 4.64. The molecule has 0 aliphatic heterocycles. The van der Waals surface area contributed by atoms with Crippen molar-refractivity contribution in [2.45, 2.75) is 70.9 Å². The number of hydrogen-bond donors (Lipinski definition) is 1. The molecule has 1 fully saturated rings. The van der Waals surface area contributed by atoms with Crippen molar-refractivity contribution in [3.05, 3.63) is 0 Å². The molecule has 1 saturated carbocycles. The predicted octanol–water partition coefficient (Wildman–Crippen LogP) is 3.99. The molecule has 3 unspecified atom stereocenters. The summed E-state index contributed by atoms with van der Waals surface area (Å²) in [7, 11) is 2.33. The summed E-state index contributed by atoms with van der Waals surface area (Å²) in [5.74, 6) is 2.91. The van der Waals surface area contributed by atoms with Crippen LogP contribution in [0, 0.1) is 11.8 Å². The van der Waals surface area contributed by atoms with Gasteiger partial charge < -0.3 is 5.73 Å². The summed E-state index contributed by atoms with van der Waals surface area (Å²) in [6.07, 6.45) is 10.2. The Hall–Kier alpha value is 0.270. The van der Waals surface area contributed by atoms with E-state index >= 15 is 0 Å². The third-order valence-electron chi connectivity index (χ3n) is 5.23. The minimum Gasteiger partial charge on any atom is -0.329 e. The van der Waals surface area contributed by atoms with Crippen molar-refractivity contribution in [3.63, 3.8) is 0 Å². The Balaban J connectivity index is 2.78. The highest BCUT2D eigenvalue weighted by molar-refractivity contribution is 7.98. The topological polar surface area (TPSA) is 29.3 Å². The largest absolute Gasteiger partial charge is 0.329 e. The molecule has 0 saturated heterocycles. The van der Waals surface area contributed by atoms with Crippen molar-refractivity contribution in [2.75, 3.05) is 25.6 Å². The lowest BCUT2D eigenvalue weighted by Crippen LogP contribution is -2.58. The van der Waals surface area contributed by atoms with Crippen LogP contribution in [0.25, 0.3) is 0 Å². The number of thioether (sulfide) groups is 1. The molecule has 0 amide bonds. The maximum Gasteiger partial charge on any atom is 0.0334 e. The molecular weight excluding hydrogens is 264 g/mol. The van der Waals surface area contributed by atoms with Gasteiger partial charge in [0.1, 0.15) is 0 Å². The first kappa shape index (κ1) is 18.3. The quantitative estimate of drug-likeness (QED) is 0.735. The van der Waals surface area contributed by atoms with Gasteiger partial charge in [-0.15, -0.1) is 0 Å². The second-order valence-electron chi connectivity index (χ2n) is 7.15. The summed E-state index contributed by atoms with van der Waals surface area (Å²) in [6.45, 7) is 7.84.